The molecule has 1 aliphatic carbocycles. The van der Waals surface area contributed by atoms with E-state index in [-0.39, 0.29) is 0 Å². The Labute approximate surface area is 111 Å². The second-order valence-corrected chi connectivity index (χ2v) is 5.08. The quantitative estimate of drug-likeness (QED) is 0.862. The van der Waals surface area contributed by atoms with E-state index in [0.717, 1.165) is 0 Å². The molecule has 0 saturated heterocycles. The zero-order chi connectivity index (χ0) is 13.1. The highest BCUT2D eigenvalue weighted by molar-refractivity contribution is 6.30. The Hall–Kier alpha value is -1.26. The van der Waals surface area contributed by atoms with Gasteiger partial charge >= 0.3 is 5.97 Å². The lowest BCUT2D eigenvalue weighted by Gasteiger charge is -2.25. The Morgan fingerprint density at radius 1 is 1.50 bits per heavy atom. The normalized spacial score (nSPS) is 17.0. The van der Waals surface area contributed by atoms with E-state index in [1.807, 2.05) is 0 Å². The van der Waals surface area contributed by atoms with Gasteiger partial charge in [-0.1, -0.05) is 18.0 Å². The molecule has 1 aromatic carbocycles. The topological polar surface area (TPSA) is 72.6 Å². The second-order valence-electron chi connectivity index (χ2n) is 4.64. The van der Waals surface area contributed by atoms with Crippen LogP contribution in [0.15, 0.2) is 18.2 Å². The van der Waals surface area contributed by atoms with E-state index in [1.165, 1.54) is 19.3 Å². The molecular weight excluding hydrogens is 254 g/mol. The first-order valence-electron chi connectivity index (χ1n) is 5.98. The minimum Gasteiger partial charge on any atom is -0.493 e. The third kappa shape index (κ3) is 3.15. The molecule has 0 aliphatic heterocycles. The lowest BCUT2D eigenvalue weighted by Crippen LogP contribution is -2.21. The number of carboxylic acid groups (broad SMARTS) is 1. The number of aliphatic carboxylic acids is 1. The molecule has 18 heavy (non-hydrogen) atoms. The first-order valence-corrected chi connectivity index (χ1v) is 6.35. The van der Waals surface area contributed by atoms with E-state index in [2.05, 4.69) is 0 Å². The van der Waals surface area contributed by atoms with Crippen molar-refractivity contribution in [2.45, 2.75) is 25.3 Å². The zero-order valence-electron chi connectivity index (χ0n) is 9.93. The van der Waals surface area contributed by atoms with E-state index in [1.54, 1.807) is 18.2 Å². The van der Waals surface area contributed by atoms with Crippen molar-refractivity contribution in [1.29, 1.82) is 0 Å². The van der Waals surface area contributed by atoms with Gasteiger partial charge in [-0.15, -0.1) is 0 Å². The van der Waals surface area contributed by atoms with Crippen LogP contribution in [0.3, 0.4) is 0 Å². The van der Waals surface area contributed by atoms with Crippen LogP contribution in [0, 0.1) is 5.92 Å². The number of halogens is 1. The fourth-order valence-corrected chi connectivity index (χ4v) is 2.10. The van der Waals surface area contributed by atoms with Gasteiger partial charge in [0.15, 0.2) is 0 Å². The van der Waals surface area contributed by atoms with Crippen LogP contribution in [0.2, 0.25) is 5.02 Å². The summed E-state index contributed by atoms with van der Waals surface area (Å²) in [4.78, 5) is 10.8. The standard InChI is InChI=1S/C13H16ClNO3/c14-10-4-9(12(15)13(16)17)5-11(6-10)18-7-8-2-1-3-8/h4-6,8,12H,1-3,7,15H2,(H,16,17). The molecule has 0 aromatic heterocycles. The van der Waals surface area contributed by atoms with Crippen LogP contribution >= 0.6 is 11.6 Å². The molecule has 5 heteroatoms. The number of carbonyl (C=O) groups is 1. The van der Waals surface area contributed by atoms with Gasteiger partial charge in [-0.05, 0) is 42.5 Å². The largest absolute Gasteiger partial charge is 0.493 e. The van der Waals surface area contributed by atoms with Crippen LogP contribution in [-0.2, 0) is 4.79 Å². The predicted octanol–water partition coefficient (Wildman–Crippen LogP) is 2.60. The summed E-state index contributed by atoms with van der Waals surface area (Å²) in [7, 11) is 0. The predicted molar refractivity (Wildman–Crippen MR) is 68.9 cm³/mol. The summed E-state index contributed by atoms with van der Waals surface area (Å²) < 4.78 is 5.63. The number of nitrogens with two attached hydrogens (primary N) is 1. The van der Waals surface area contributed by atoms with Crippen molar-refractivity contribution in [3.63, 3.8) is 0 Å². The van der Waals surface area contributed by atoms with E-state index in [0.29, 0.717) is 28.9 Å². The molecule has 1 saturated carbocycles. The van der Waals surface area contributed by atoms with E-state index in [9.17, 15) is 4.79 Å². The van der Waals surface area contributed by atoms with Crippen molar-refractivity contribution in [3.05, 3.63) is 28.8 Å². The monoisotopic (exact) mass is 269 g/mol. The van der Waals surface area contributed by atoms with Crippen molar-refractivity contribution in [3.8, 4) is 5.75 Å². The van der Waals surface area contributed by atoms with Gasteiger partial charge in [0, 0.05) is 5.02 Å². The minimum absolute atomic E-state index is 0.438. The molecule has 1 aromatic rings. The third-order valence-electron chi connectivity index (χ3n) is 3.23. The summed E-state index contributed by atoms with van der Waals surface area (Å²) >= 11 is 5.93. The first kappa shape index (κ1) is 13.2. The first-order chi connectivity index (χ1) is 8.56. The van der Waals surface area contributed by atoms with Gasteiger partial charge in [0.05, 0.1) is 6.61 Å². The molecule has 1 fully saturated rings. The average molecular weight is 270 g/mol. The van der Waals surface area contributed by atoms with Crippen molar-refractivity contribution >= 4 is 17.6 Å². The number of hydrogen-bond donors (Lipinski definition) is 2. The Kier molecular flexibility index (Phi) is 4.09. The number of hydrogen-bond acceptors (Lipinski definition) is 3. The van der Waals surface area contributed by atoms with Gasteiger partial charge in [-0.2, -0.15) is 0 Å². The molecule has 0 radical (unpaired) electrons. The minimum atomic E-state index is -1.08. The summed E-state index contributed by atoms with van der Waals surface area (Å²) in [5, 5.41) is 9.31. The molecule has 1 aliphatic rings. The number of ether oxygens (including phenoxy) is 1. The molecule has 4 nitrogen and oxygen atoms in total. The number of rotatable bonds is 5. The Morgan fingerprint density at radius 3 is 2.78 bits per heavy atom. The number of benzene rings is 1. The molecular formula is C13H16ClNO3. The maximum absolute atomic E-state index is 10.8. The van der Waals surface area contributed by atoms with Crippen LogP contribution in [0.25, 0.3) is 0 Å². The molecule has 98 valence electrons. The average Bonchev–Trinajstić information content (AvgIpc) is 2.25. The Balaban J connectivity index is 2.07. The molecule has 0 bridgehead atoms. The molecule has 0 heterocycles. The summed E-state index contributed by atoms with van der Waals surface area (Å²) in [6.45, 7) is 0.655. The van der Waals surface area contributed by atoms with Gasteiger partial charge in [-0.3, -0.25) is 4.79 Å². The smallest absolute Gasteiger partial charge is 0.325 e. The van der Waals surface area contributed by atoms with Gasteiger partial charge in [0.1, 0.15) is 11.8 Å². The van der Waals surface area contributed by atoms with Crippen LogP contribution in [0.1, 0.15) is 30.9 Å². The molecule has 1 unspecified atom stereocenters. The van der Waals surface area contributed by atoms with E-state index >= 15 is 0 Å². The maximum Gasteiger partial charge on any atom is 0.325 e. The van der Waals surface area contributed by atoms with Crippen molar-refractivity contribution in [2.24, 2.45) is 11.7 Å². The lowest BCUT2D eigenvalue weighted by atomic mass is 9.86. The van der Waals surface area contributed by atoms with Gasteiger partial charge in [-0.25, -0.2) is 0 Å². The second kappa shape index (κ2) is 5.59. The van der Waals surface area contributed by atoms with Gasteiger partial charge in [0.2, 0.25) is 0 Å². The summed E-state index contributed by atoms with van der Waals surface area (Å²) in [6, 6.07) is 3.80. The fourth-order valence-electron chi connectivity index (χ4n) is 1.86. The molecule has 0 spiro atoms. The van der Waals surface area contributed by atoms with Crippen LogP contribution in [0.4, 0.5) is 0 Å². The molecule has 0 amide bonds. The van der Waals surface area contributed by atoms with Gasteiger partial charge in [0.25, 0.3) is 0 Å². The summed E-state index contributed by atoms with van der Waals surface area (Å²) in [6.07, 6.45) is 3.66. The van der Waals surface area contributed by atoms with Crippen LogP contribution in [0.5, 0.6) is 5.75 Å². The van der Waals surface area contributed by atoms with Crippen LogP contribution in [-0.4, -0.2) is 17.7 Å². The Bertz CT molecular complexity index is 446. The van der Waals surface area contributed by atoms with Crippen LogP contribution < -0.4 is 10.5 Å². The lowest BCUT2D eigenvalue weighted by molar-refractivity contribution is -0.138. The SMILES string of the molecule is NC(C(=O)O)c1cc(Cl)cc(OCC2CCC2)c1. The van der Waals surface area contributed by atoms with E-state index in [4.69, 9.17) is 27.2 Å². The highest BCUT2D eigenvalue weighted by Crippen LogP contribution is 2.29. The van der Waals surface area contributed by atoms with Crippen molar-refractivity contribution < 1.29 is 14.6 Å². The fraction of sp³-hybridized carbons (Fsp3) is 0.462. The molecule has 2 rings (SSSR count). The van der Waals surface area contributed by atoms with Crippen molar-refractivity contribution in [2.75, 3.05) is 6.61 Å². The Morgan fingerprint density at radius 2 is 2.22 bits per heavy atom. The zero-order valence-corrected chi connectivity index (χ0v) is 10.7. The summed E-state index contributed by atoms with van der Waals surface area (Å²) in [5.41, 5.74) is 6.01. The molecule has 3 N–H and O–H groups in total. The highest BCUT2D eigenvalue weighted by atomic mass is 35.5. The maximum atomic E-state index is 10.8. The number of carboxylic acids is 1. The third-order valence-corrected chi connectivity index (χ3v) is 3.45. The summed E-state index contributed by atoms with van der Waals surface area (Å²) in [5.74, 6) is 0.115. The highest BCUT2D eigenvalue weighted by Gasteiger charge is 2.19. The van der Waals surface area contributed by atoms with Crippen molar-refractivity contribution in [1.82, 2.24) is 0 Å². The van der Waals surface area contributed by atoms with E-state index < -0.39 is 12.0 Å². The van der Waals surface area contributed by atoms with Gasteiger partial charge < -0.3 is 15.6 Å². The molecule has 1 atom stereocenters.